The maximum atomic E-state index is 11.6. The van der Waals surface area contributed by atoms with Crippen molar-refractivity contribution in [3.63, 3.8) is 0 Å². The van der Waals surface area contributed by atoms with Crippen LogP contribution in [-0.4, -0.2) is 34.5 Å². The summed E-state index contributed by atoms with van der Waals surface area (Å²) in [5, 5.41) is 20.5. The fraction of sp³-hybridized carbons (Fsp3) is 0.857. The van der Waals surface area contributed by atoms with Gasteiger partial charge in [0.05, 0.1) is 12.2 Å². The van der Waals surface area contributed by atoms with Crippen LogP contribution in [0.3, 0.4) is 0 Å². The highest BCUT2D eigenvalue weighted by Crippen LogP contribution is 2.20. The van der Waals surface area contributed by atoms with E-state index >= 15 is 0 Å². The predicted molar refractivity (Wildman–Crippen MR) is 166 cm³/mol. The van der Waals surface area contributed by atoms with Crippen LogP contribution in [0, 0.1) is 0 Å². The Morgan fingerprint density at radius 1 is 0.667 bits per heavy atom. The SMILES string of the molecule is CCCCCCCCCCCC/C=C\CC[C@H](O)[C@@H](O)CCCCCCCCCCCCC1=C[C@@H](C)OC1=O. The van der Waals surface area contributed by atoms with E-state index in [4.69, 9.17) is 4.74 Å². The Bertz CT molecular complexity index is 626. The molecule has 0 saturated heterocycles. The Morgan fingerprint density at radius 3 is 1.67 bits per heavy atom. The first-order chi connectivity index (χ1) is 19.0. The number of aliphatic hydroxyl groups is 2. The highest BCUT2D eigenvalue weighted by atomic mass is 16.5. The van der Waals surface area contributed by atoms with Crippen molar-refractivity contribution in [1.82, 2.24) is 0 Å². The molecule has 1 aliphatic heterocycles. The largest absolute Gasteiger partial charge is 0.455 e. The summed E-state index contributed by atoms with van der Waals surface area (Å²) in [4.78, 5) is 11.6. The molecule has 0 saturated carbocycles. The van der Waals surface area contributed by atoms with Gasteiger partial charge in [0, 0.05) is 5.57 Å². The lowest BCUT2D eigenvalue weighted by molar-refractivity contribution is -0.139. The Kier molecular flexibility index (Phi) is 23.8. The molecule has 0 aromatic carbocycles. The Hall–Kier alpha value is -1.13. The zero-order valence-corrected chi connectivity index (χ0v) is 25.9. The third kappa shape index (κ3) is 21.3. The van der Waals surface area contributed by atoms with Crippen molar-refractivity contribution in [1.29, 1.82) is 0 Å². The van der Waals surface area contributed by atoms with Gasteiger partial charge in [-0.2, -0.15) is 0 Å². The fourth-order valence-corrected chi connectivity index (χ4v) is 5.54. The van der Waals surface area contributed by atoms with Gasteiger partial charge in [0.2, 0.25) is 0 Å². The topological polar surface area (TPSA) is 66.8 Å². The van der Waals surface area contributed by atoms with Gasteiger partial charge in [-0.15, -0.1) is 0 Å². The van der Waals surface area contributed by atoms with Crippen LogP contribution in [0.4, 0.5) is 0 Å². The van der Waals surface area contributed by atoms with Crippen LogP contribution >= 0.6 is 0 Å². The summed E-state index contributed by atoms with van der Waals surface area (Å²) in [6.07, 6.45) is 35.2. The van der Waals surface area contributed by atoms with Crippen molar-refractivity contribution in [2.45, 2.75) is 193 Å². The van der Waals surface area contributed by atoms with E-state index < -0.39 is 12.2 Å². The lowest BCUT2D eigenvalue weighted by Crippen LogP contribution is -2.25. The Morgan fingerprint density at radius 2 is 1.13 bits per heavy atom. The lowest BCUT2D eigenvalue weighted by atomic mass is 10.0. The third-order valence-corrected chi connectivity index (χ3v) is 8.15. The van der Waals surface area contributed by atoms with E-state index in [1.54, 1.807) is 0 Å². The average molecular weight is 549 g/mol. The molecular weight excluding hydrogens is 484 g/mol. The van der Waals surface area contributed by atoms with E-state index in [0.717, 1.165) is 44.1 Å². The molecule has 4 heteroatoms. The number of carbonyl (C=O) groups excluding carboxylic acids is 1. The van der Waals surface area contributed by atoms with Crippen LogP contribution in [0.15, 0.2) is 23.8 Å². The molecule has 3 atom stereocenters. The van der Waals surface area contributed by atoms with Crippen LogP contribution in [0.2, 0.25) is 0 Å². The second-order valence-electron chi connectivity index (χ2n) is 12.0. The number of ether oxygens (including phenoxy) is 1. The second-order valence-corrected chi connectivity index (χ2v) is 12.0. The fourth-order valence-electron chi connectivity index (χ4n) is 5.54. The molecule has 0 unspecified atom stereocenters. The lowest BCUT2D eigenvalue weighted by Gasteiger charge is -2.17. The summed E-state index contributed by atoms with van der Waals surface area (Å²) in [5.41, 5.74) is 0.867. The van der Waals surface area contributed by atoms with E-state index in [1.165, 1.54) is 109 Å². The summed E-state index contributed by atoms with van der Waals surface area (Å²) in [6, 6.07) is 0. The number of carbonyl (C=O) groups is 1. The summed E-state index contributed by atoms with van der Waals surface area (Å²) >= 11 is 0. The summed E-state index contributed by atoms with van der Waals surface area (Å²) < 4.78 is 5.14. The smallest absolute Gasteiger partial charge is 0.334 e. The molecule has 0 aromatic heterocycles. The number of esters is 1. The normalized spacial score (nSPS) is 17.1. The average Bonchev–Trinajstić information content (AvgIpc) is 3.25. The van der Waals surface area contributed by atoms with Crippen molar-refractivity contribution < 1.29 is 19.7 Å². The molecule has 0 fully saturated rings. The Balaban J connectivity index is 1.81. The standard InChI is InChI=1S/C35H64O4/c1-3-4-5-6-7-8-9-10-11-12-16-19-22-25-28-33(36)34(37)29-26-23-20-17-14-13-15-18-21-24-27-32-30-31(2)39-35(32)38/h19,22,30-31,33-34,36-37H,3-18,20-21,23-29H2,1-2H3/b22-19-/t31-,33+,34+/m1/s1. The van der Waals surface area contributed by atoms with Crippen LogP contribution in [-0.2, 0) is 9.53 Å². The first kappa shape index (κ1) is 35.9. The summed E-state index contributed by atoms with van der Waals surface area (Å²) in [5.74, 6) is -0.119. The molecule has 0 spiro atoms. The van der Waals surface area contributed by atoms with Crippen molar-refractivity contribution in [3.8, 4) is 0 Å². The molecule has 1 heterocycles. The van der Waals surface area contributed by atoms with Crippen molar-refractivity contribution in [3.05, 3.63) is 23.8 Å². The van der Waals surface area contributed by atoms with Crippen molar-refractivity contribution in [2.24, 2.45) is 0 Å². The zero-order chi connectivity index (χ0) is 28.4. The number of aliphatic hydroxyl groups excluding tert-OH is 2. The molecule has 2 N–H and O–H groups in total. The molecule has 1 aliphatic rings. The summed E-state index contributed by atoms with van der Waals surface area (Å²) in [6.45, 7) is 4.19. The predicted octanol–water partition coefficient (Wildman–Crippen LogP) is 9.91. The number of hydrogen-bond donors (Lipinski definition) is 2. The van der Waals surface area contributed by atoms with Gasteiger partial charge in [-0.25, -0.2) is 4.79 Å². The van der Waals surface area contributed by atoms with Crippen LogP contribution in [0.25, 0.3) is 0 Å². The van der Waals surface area contributed by atoms with Gasteiger partial charge >= 0.3 is 5.97 Å². The minimum Gasteiger partial charge on any atom is -0.455 e. The molecule has 4 nitrogen and oxygen atoms in total. The molecule has 0 bridgehead atoms. The molecule has 0 aliphatic carbocycles. The van der Waals surface area contributed by atoms with Crippen LogP contribution < -0.4 is 0 Å². The number of rotatable bonds is 28. The molecule has 0 amide bonds. The van der Waals surface area contributed by atoms with Gasteiger partial charge in [0.25, 0.3) is 0 Å². The van der Waals surface area contributed by atoms with Crippen LogP contribution in [0.1, 0.15) is 174 Å². The maximum absolute atomic E-state index is 11.6. The van der Waals surface area contributed by atoms with Gasteiger partial charge in [-0.3, -0.25) is 0 Å². The monoisotopic (exact) mass is 548 g/mol. The van der Waals surface area contributed by atoms with E-state index in [9.17, 15) is 15.0 Å². The molecule has 1 rings (SSSR count). The van der Waals surface area contributed by atoms with Gasteiger partial charge in [0.1, 0.15) is 6.10 Å². The number of cyclic esters (lactones) is 1. The first-order valence-corrected chi connectivity index (χ1v) is 17.0. The second kappa shape index (κ2) is 25.8. The van der Waals surface area contributed by atoms with E-state index in [2.05, 4.69) is 19.1 Å². The molecule has 39 heavy (non-hydrogen) atoms. The molecular formula is C35H64O4. The van der Waals surface area contributed by atoms with Crippen LogP contribution in [0.5, 0.6) is 0 Å². The third-order valence-electron chi connectivity index (χ3n) is 8.15. The first-order valence-electron chi connectivity index (χ1n) is 17.0. The minimum atomic E-state index is -0.592. The quantitative estimate of drug-likeness (QED) is 0.0580. The highest BCUT2D eigenvalue weighted by Gasteiger charge is 2.21. The van der Waals surface area contributed by atoms with Gasteiger partial charge in [-0.05, 0) is 57.9 Å². The number of allylic oxidation sites excluding steroid dienone is 2. The molecule has 0 aromatic rings. The summed E-state index contributed by atoms with van der Waals surface area (Å²) in [7, 11) is 0. The van der Waals surface area contributed by atoms with E-state index in [-0.39, 0.29) is 12.1 Å². The minimum absolute atomic E-state index is 0.0444. The zero-order valence-electron chi connectivity index (χ0n) is 25.9. The molecule has 0 radical (unpaired) electrons. The van der Waals surface area contributed by atoms with E-state index in [0.29, 0.717) is 12.8 Å². The maximum Gasteiger partial charge on any atom is 0.334 e. The van der Waals surface area contributed by atoms with Gasteiger partial charge < -0.3 is 14.9 Å². The number of unbranched alkanes of at least 4 members (excludes halogenated alkanes) is 19. The van der Waals surface area contributed by atoms with Crippen molar-refractivity contribution >= 4 is 5.97 Å². The van der Waals surface area contributed by atoms with Gasteiger partial charge in [-0.1, -0.05) is 135 Å². The van der Waals surface area contributed by atoms with E-state index in [1.807, 2.05) is 13.0 Å². The van der Waals surface area contributed by atoms with Crippen molar-refractivity contribution in [2.75, 3.05) is 0 Å². The number of hydrogen-bond acceptors (Lipinski definition) is 4. The Labute approximate surface area is 242 Å². The highest BCUT2D eigenvalue weighted by molar-refractivity contribution is 5.90. The molecule has 228 valence electrons. The van der Waals surface area contributed by atoms with Gasteiger partial charge in [0.15, 0.2) is 0 Å².